The van der Waals surface area contributed by atoms with Gasteiger partial charge in [-0.2, -0.15) is 4.98 Å². The standard InChI is InChI=1S/C23H21ClN6O/c1-30-13-20(14-30)31-19-5-3-17(4-6-19)28-23-25-9-8-22(29-23)27-18-11-15-10-16(24)2-7-21(15)26-12-18/h2-12,20H,13-14H2,1H3,(H2,25,27,28,29). The Balaban J connectivity index is 1.26. The summed E-state index contributed by atoms with van der Waals surface area (Å²) in [5.74, 6) is 2.02. The maximum Gasteiger partial charge on any atom is 0.229 e. The van der Waals surface area contributed by atoms with E-state index in [1.54, 1.807) is 18.5 Å². The predicted octanol–water partition coefficient (Wildman–Crippen LogP) is 4.86. The lowest BCUT2D eigenvalue weighted by Crippen LogP contribution is -2.51. The topological polar surface area (TPSA) is 75.2 Å². The van der Waals surface area contributed by atoms with Crippen LogP contribution in [-0.2, 0) is 0 Å². The van der Waals surface area contributed by atoms with Gasteiger partial charge in [-0.25, -0.2) is 4.98 Å². The number of likely N-dealkylation sites (tertiary alicyclic amines) is 1. The molecule has 7 nitrogen and oxygen atoms in total. The third-order valence-corrected chi connectivity index (χ3v) is 5.25. The van der Waals surface area contributed by atoms with Gasteiger partial charge in [0.05, 0.1) is 17.4 Å². The highest BCUT2D eigenvalue weighted by atomic mass is 35.5. The number of nitrogens with one attached hydrogen (secondary N) is 2. The van der Waals surface area contributed by atoms with Gasteiger partial charge in [0, 0.05) is 35.4 Å². The molecule has 0 saturated carbocycles. The van der Waals surface area contributed by atoms with Crippen LogP contribution >= 0.6 is 11.6 Å². The second-order valence-corrected chi connectivity index (χ2v) is 8.00. The second-order valence-electron chi connectivity index (χ2n) is 7.56. The van der Waals surface area contributed by atoms with Gasteiger partial charge >= 0.3 is 0 Å². The van der Waals surface area contributed by atoms with Crippen LogP contribution in [0.2, 0.25) is 5.02 Å². The number of nitrogens with zero attached hydrogens (tertiary/aromatic N) is 4. The summed E-state index contributed by atoms with van der Waals surface area (Å²) in [6.07, 6.45) is 3.74. The van der Waals surface area contributed by atoms with E-state index in [-0.39, 0.29) is 6.10 Å². The lowest BCUT2D eigenvalue weighted by molar-refractivity contribution is 0.0388. The first kappa shape index (κ1) is 19.5. The SMILES string of the molecule is CN1CC(Oc2ccc(Nc3nccc(Nc4cnc5ccc(Cl)cc5c4)n3)cc2)C1. The Bertz CT molecular complexity index is 1210. The zero-order chi connectivity index (χ0) is 21.2. The Hall–Kier alpha value is -3.42. The number of anilines is 4. The van der Waals surface area contributed by atoms with E-state index >= 15 is 0 Å². The normalized spacial score (nSPS) is 14.3. The quantitative estimate of drug-likeness (QED) is 0.450. The average molecular weight is 433 g/mol. The summed E-state index contributed by atoms with van der Waals surface area (Å²) >= 11 is 6.09. The first-order valence-electron chi connectivity index (χ1n) is 9.98. The molecule has 2 aromatic heterocycles. The Morgan fingerprint density at radius 2 is 1.81 bits per heavy atom. The summed E-state index contributed by atoms with van der Waals surface area (Å²) < 4.78 is 5.92. The van der Waals surface area contributed by atoms with E-state index in [0.29, 0.717) is 16.8 Å². The van der Waals surface area contributed by atoms with Crippen molar-refractivity contribution in [2.75, 3.05) is 30.8 Å². The van der Waals surface area contributed by atoms with Gasteiger partial charge in [0.1, 0.15) is 17.7 Å². The molecule has 2 N–H and O–H groups in total. The van der Waals surface area contributed by atoms with Gasteiger partial charge in [0.15, 0.2) is 0 Å². The molecule has 31 heavy (non-hydrogen) atoms. The van der Waals surface area contributed by atoms with E-state index < -0.39 is 0 Å². The van der Waals surface area contributed by atoms with Crippen LogP contribution in [0.3, 0.4) is 0 Å². The molecule has 0 spiro atoms. The molecule has 156 valence electrons. The van der Waals surface area contributed by atoms with Crippen molar-refractivity contribution in [2.24, 2.45) is 0 Å². The third kappa shape index (κ3) is 4.68. The number of likely N-dealkylation sites (N-methyl/N-ethyl adjacent to an activating group) is 1. The van der Waals surface area contributed by atoms with Gasteiger partial charge in [0.25, 0.3) is 0 Å². The molecule has 0 amide bonds. The van der Waals surface area contributed by atoms with Crippen molar-refractivity contribution in [1.29, 1.82) is 0 Å². The van der Waals surface area contributed by atoms with Crippen molar-refractivity contribution in [2.45, 2.75) is 6.10 Å². The lowest BCUT2D eigenvalue weighted by Gasteiger charge is -2.36. The molecule has 1 fully saturated rings. The van der Waals surface area contributed by atoms with Crippen molar-refractivity contribution in [3.8, 4) is 5.75 Å². The molecule has 4 aromatic rings. The summed E-state index contributed by atoms with van der Waals surface area (Å²) in [6, 6.07) is 17.2. The zero-order valence-electron chi connectivity index (χ0n) is 16.9. The molecular formula is C23H21ClN6O. The number of hydrogen-bond donors (Lipinski definition) is 2. The van der Waals surface area contributed by atoms with Crippen LogP contribution in [0.25, 0.3) is 10.9 Å². The largest absolute Gasteiger partial charge is 0.488 e. The van der Waals surface area contributed by atoms with E-state index in [2.05, 4.69) is 37.5 Å². The van der Waals surface area contributed by atoms with Crippen molar-refractivity contribution in [3.63, 3.8) is 0 Å². The Kier molecular flexibility index (Phi) is 5.28. The molecule has 0 radical (unpaired) electrons. The Morgan fingerprint density at radius 1 is 0.968 bits per heavy atom. The van der Waals surface area contributed by atoms with Crippen LogP contribution in [0, 0.1) is 0 Å². The molecule has 1 saturated heterocycles. The molecular weight excluding hydrogens is 412 g/mol. The minimum atomic E-state index is 0.274. The molecule has 0 atom stereocenters. The smallest absolute Gasteiger partial charge is 0.229 e. The van der Waals surface area contributed by atoms with Crippen LogP contribution in [0.5, 0.6) is 5.75 Å². The highest BCUT2D eigenvalue weighted by molar-refractivity contribution is 6.31. The fourth-order valence-electron chi connectivity index (χ4n) is 3.46. The number of hydrogen-bond acceptors (Lipinski definition) is 7. The first-order valence-corrected chi connectivity index (χ1v) is 10.4. The number of benzene rings is 2. The van der Waals surface area contributed by atoms with Crippen molar-refractivity contribution >= 4 is 45.6 Å². The van der Waals surface area contributed by atoms with Gasteiger partial charge in [-0.05, 0) is 61.6 Å². The van der Waals surface area contributed by atoms with Crippen molar-refractivity contribution in [1.82, 2.24) is 19.9 Å². The van der Waals surface area contributed by atoms with E-state index in [1.165, 1.54) is 0 Å². The minimum Gasteiger partial charge on any atom is -0.488 e. The molecule has 0 unspecified atom stereocenters. The molecule has 1 aliphatic heterocycles. The average Bonchev–Trinajstić information content (AvgIpc) is 2.74. The summed E-state index contributed by atoms with van der Waals surface area (Å²) in [5.41, 5.74) is 2.59. The highest BCUT2D eigenvalue weighted by Gasteiger charge is 2.24. The second kappa shape index (κ2) is 8.37. The summed E-state index contributed by atoms with van der Waals surface area (Å²) in [7, 11) is 2.09. The zero-order valence-corrected chi connectivity index (χ0v) is 17.7. The number of ether oxygens (including phenoxy) is 1. The molecule has 0 bridgehead atoms. The van der Waals surface area contributed by atoms with Gasteiger partial charge in [-0.15, -0.1) is 0 Å². The fourth-order valence-corrected chi connectivity index (χ4v) is 3.64. The van der Waals surface area contributed by atoms with Crippen molar-refractivity contribution < 1.29 is 4.74 Å². The number of aromatic nitrogens is 3. The van der Waals surface area contributed by atoms with E-state index in [4.69, 9.17) is 16.3 Å². The molecule has 1 aliphatic rings. The number of fused-ring (bicyclic) bond motifs is 1. The minimum absolute atomic E-state index is 0.274. The molecule has 3 heterocycles. The number of halogens is 1. The summed E-state index contributed by atoms with van der Waals surface area (Å²) in [6.45, 7) is 1.93. The van der Waals surface area contributed by atoms with Gasteiger partial charge in [-0.1, -0.05) is 11.6 Å². The van der Waals surface area contributed by atoms with Crippen molar-refractivity contribution in [3.05, 3.63) is 72.0 Å². The van der Waals surface area contributed by atoms with Gasteiger partial charge in [0.2, 0.25) is 5.95 Å². The Morgan fingerprint density at radius 3 is 2.61 bits per heavy atom. The van der Waals surface area contributed by atoms with Gasteiger partial charge < -0.3 is 15.4 Å². The predicted molar refractivity (Wildman–Crippen MR) is 124 cm³/mol. The van der Waals surface area contributed by atoms with E-state index in [9.17, 15) is 0 Å². The number of pyridine rings is 1. The summed E-state index contributed by atoms with van der Waals surface area (Å²) in [4.78, 5) is 15.5. The highest BCUT2D eigenvalue weighted by Crippen LogP contribution is 2.24. The van der Waals surface area contributed by atoms with E-state index in [1.807, 2.05) is 48.5 Å². The van der Waals surface area contributed by atoms with Crippen LogP contribution in [-0.4, -0.2) is 46.1 Å². The molecule has 8 heteroatoms. The maximum atomic E-state index is 6.09. The Labute approximate surface area is 185 Å². The first-order chi connectivity index (χ1) is 15.1. The van der Waals surface area contributed by atoms with Crippen LogP contribution in [0.4, 0.5) is 23.1 Å². The molecule has 2 aromatic carbocycles. The monoisotopic (exact) mass is 432 g/mol. The molecule has 0 aliphatic carbocycles. The third-order valence-electron chi connectivity index (χ3n) is 5.02. The van der Waals surface area contributed by atoms with Gasteiger partial charge in [-0.3, -0.25) is 9.88 Å². The fraction of sp³-hybridized carbons (Fsp3) is 0.174. The van der Waals surface area contributed by atoms with E-state index in [0.717, 1.165) is 41.1 Å². The molecule has 5 rings (SSSR count). The summed E-state index contributed by atoms with van der Waals surface area (Å²) in [5, 5.41) is 8.13. The lowest BCUT2D eigenvalue weighted by atomic mass is 10.2. The number of rotatable bonds is 6. The van der Waals surface area contributed by atoms with Crippen LogP contribution in [0.15, 0.2) is 67.0 Å². The van der Waals surface area contributed by atoms with Crippen LogP contribution < -0.4 is 15.4 Å². The van der Waals surface area contributed by atoms with Crippen LogP contribution in [0.1, 0.15) is 0 Å². The maximum absolute atomic E-state index is 6.09.